The van der Waals surface area contributed by atoms with Crippen molar-refractivity contribution >= 4 is 11.4 Å². The highest BCUT2D eigenvalue weighted by Gasteiger charge is 2.14. The summed E-state index contributed by atoms with van der Waals surface area (Å²) in [4.78, 5) is 1.92. The van der Waals surface area contributed by atoms with E-state index in [2.05, 4.69) is 0 Å². The maximum Gasteiger partial charge on any atom is 0.147 e. The summed E-state index contributed by atoms with van der Waals surface area (Å²) in [6.07, 6.45) is -0.660. The van der Waals surface area contributed by atoms with E-state index in [4.69, 9.17) is 0 Å². The monoisotopic (exact) mass is 273 g/mol. The van der Waals surface area contributed by atoms with E-state index >= 15 is 0 Å². The van der Waals surface area contributed by atoms with Crippen LogP contribution in [-0.2, 0) is 0 Å². The van der Waals surface area contributed by atoms with Crippen LogP contribution in [0.1, 0.15) is 31.1 Å². The molecule has 2 aromatic rings. The third kappa shape index (κ3) is 2.99. The van der Waals surface area contributed by atoms with E-state index < -0.39 is 6.10 Å². The van der Waals surface area contributed by atoms with Crippen LogP contribution < -0.4 is 4.90 Å². The zero-order valence-electron chi connectivity index (χ0n) is 12.1. The van der Waals surface area contributed by atoms with Gasteiger partial charge in [0.15, 0.2) is 0 Å². The van der Waals surface area contributed by atoms with Gasteiger partial charge in [-0.05, 0) is 56.2 Å². The molecule has 0 fully saturated rings. The Labute approximate surface area is 119 Å². The fraction of sp³-hybridized carbons (Fsp3) is 0.294. The Morgan fingerprint density at radius 2 is 1.95 bits per heavy atom. The lowest BCUT2D eigenvalue weighted by atomic mass is 10.1. The first kappa shape index (κ1) is 14.5. The Morgan fingerprint density at radius 1 is 1.20 bits per heavy atom. The molecule has 3 heteroatoms. The molecule has 0 saturated carbocycles. The van der Waals surface area contributed by atoms with Crippen molar-refractivity contribution in [2.45, 2.75) is 26.9 Å². The van der Waals surface area contributed by atoms with E-state index in [0.29, 0.717) is 17.8 Å². The number of hydrogen-bond donors (Lipinski definition) is 1. The van der Waals surface area contributed by atoms with Crippen LogP contribution in [0.5, 0.6) is 0 Å². The maximum atomic E-state index is 14.3. The summed E-state index contributed by atoms with van der Waals surface area (Å²) < 4.78 is 14.3. The zero-order valence-corrected chi connectivity index (χ0v) is 12.1. The van der Waals surface area contributed by atoms with Crippen LogP contribution in [0.3, 0.4) is 0 Å². The van der Waals surface area contributed by atoms with Gasteiger partial charge in [-0.3, -0.25) is 0 Å². The van der Waals surface area contributed by atoms with Crippen LogP contribution in [0, 0.1) is 12.7 Å². The third-order valence-electron chi connectivity index (χ3n) is 3.37. The summed E-state index contributed by atoms with van der Waals surface area (Å²) in [5, 5.41) is 9.51. The van der Waals surface area contributed by atoms with Gasteiger partial charge in [-0.2, -0.15) is 0 Å². The van der Waals surface area contributed by atoms with E-state index in [9.17, 15) is 9.50 Å². The molecule has 2 aromatic carbocycles. The van der Waals surface area contributed by atoms with Gasteiger partial charge in [-0.25, -0.2) is 4.39 Å². The van der Waals surface area contributed by atoms with E-state index in [0.717, 1.165) is 11.3 Å². The predicted octanol–water partition coefficient (Wildman–Crippen LogP) is 4.35. The van der Waals surface area contributed by atoms with E-state index in [1.807, 2.05) is 43.0 Å². The van der Waals surface area contributed by atoms with Gasteiger partial charge in [0.25, 0.3) is 0 Å². The van der Waals surface area contributed by atoms with Gasteiger partial charge in [0.05, 0.1) is 11.8 Å². The van der Waals surface area contributed by atoms with Crippen molar-refractivity contribution in [1.82, 2.24) is 0 Å². The number of aliphatic hydroxyl groups excluding tert-OH is 1. The van der Waals surface area contributed by atoms with Crippen molar-refractivity contribution in [2.24, 2.45) is 0 Å². The first-order valence-corrected chi connectivity index (χ1v) is 6.84. The van der Waals surface area contributed by atoms with E-state index in [-0.39, 0.29) is 5.82 Å². The zero-order chi connectivity index (χ0) is 14.7. The smallest absolute Gasteiger partial charge is 0.147 e. The molecule has 106 valence electrons. The Balaban J connectivity index is 2.42. The topological polar surface area (TPSA) is 23.5 Å². The van der Waals surface area contributed by atoms with Gasteiger partial charge in [0.1, 0.15) is 5.82 Å². The molecule has 20 heavy (non-hydrogen) atoms. The molecule has 2 rings (SSSR count). The number of nitrogens with zero attached hydrogens (tertiary/aromatic N) is 1. The van der Waals surface area contributed by atoms with Crippen LogP contribution in [0.4, 0.5) is 15.8 Å². The summed E-state index contributed by atoms with van der Waals surface area (Å²) in [6, 6.07) is 12.9. The first-order chi connectivity index (χ1) is 9.52. The Kier molecular flexibility index (Phi) is 4.40. The van der Waals surface area contributed by atoms with Gasteiger partial charge >= 0.3 is 0 Å². The van der Waals surface area contributed by atoms with Crippen molar-refractivity contribution in [3.63, 3.8) is 0 Å². The molecule has 1 atom stereocenters. The fourth-order valence-corrected chi connectivity index (χ4v) is 2.29. The molecule has 0 amide bonds. The quantitative estimate of drug-likeness (QED) is 0.895. The Hall–Kier alpha value is -1.87. The lowest BCUT2D eigenvalue weighted by Gasteiger charge is -2.24. The predicted molar refractivity (Wildman–Crippen MR) is 80.9 cm³/mol. The highest BCUT2D eigenvalue weighted by atomic mass is 19.1. The van der Waals surface area contributed by atoms with Crippen LogP contribution in [0.25, 0.3) is 0 Å². The second-order valence-electron chi connectivity index (χ2n) is 4.97. The number of hydrogen-bond acceptors (Lipinski definition) is 2. The maximum absolute atomic E-state index is 14.3. The molecule has 1 N–H and O–H groups in total. The third-order valence-corrected chi connectivity index (χ3v) is 3.37. The Morgan fingerprint density at radius 3 is 2.50 bits per heavy atom. The summed E-state index contributed by atoms with van der Waals surface area (Å²) in [5.74, 6) is -0.313. The number of halogens is 1. The van der Waals surface area contributed by atoms with Crippen molar-refractivity contribution in [3.05, 3.63) is 59.4 Å². The lowest BCUT2D eigenvalue weighted by Crippen LogP contribution is -2.17. The van der Waals surface area contributed by atoms with Gasteiger partial charge < -0.3 is 10.0 Å². The average Bonchev–Trinajstić information content (AvgIpc) is 2.41. The normalized spacial score (nSPS) is 12.2. The highest BCUT2D eigenvalue weighted by molar-refractivity contribution is 5.64. The molecule has 0 saturated heterocycles. The van der Waals surface area contributed by atoms with Crippen LogP contribution in [0.15, 0.2) is 42.5 Å². The molecule has 0 radical (unpaired) electrons. The summed E-state index contributed by atoms with van der Waals surface area (Å²) >= 11 is 0. The molecule has 0 aliphatic heterocycles. The molecule has 0 aromatic heterocycles. The molecular formula is C17H20FNO. The number of rotatable bonds is 4. The fourth-order valence-electron chi connectivity index (χ4n) is 2.29. The minimum absolute atomic E-state index is 0.313. The number of anilines is 2. The lowest BCUT2D eigenvalue weighted by molar-refractivity contribution is 0.199. The van der Waals surface area contributed by atoms with Crippen LogP contribution >= 0.6 is 0 Å². The van der Waals surface area contributed by atoms with Crippen LogP contribution in [-0.4, -0.2) is 11.7 Å². The van der Waals surface area contributed by atoms with Gasteiger partial charge in [-0.15, -0.1) is 0 Å². The second kappa shape index (κ2) is 6.06. The highest BCUT2D eigenvalue weighted by Crippen LogP contribution is 2.29. The second-order valence-corrected chi connectivity index (χ2v) is 4.97. The number of aryl methyl sites for hydroxylation is 1. The van der Waals surface area contributed by atoms with Crippen molar-refractivity contribution in [1.29, 1.82) is 0 Å². The van der Waals surface area contributed by atoms with E-state index in [1.165, 1.54) is 6.07 Å². The summed E-state index contributed by atoms with van der Waals surface area (Å²) in [7, 11) is 0. The molecule has 0 heterocycles. The molecular weight excluding hydrogens is 253 g/mol. The van der Waals surface area contributed by atoms with Gasteiger partial charge in [-0.1, -0.05) is 18.2 Å². The van der Waals surface area contributed by atoms with E-state index in [1.54, 1.807) is 19.1 Å². The Bertz CT molecular complexity index is 595. The number of benzene rings is 2. The van der Waals surface area contributed by atoms with Crippen molar-refractivity contribution < 1.29 is 9.50 Å². The SMILES string of the molecule is CCN(c1cccc(C)c1)c1ccc([C@H](C)O)cc1F. The molecule has 2 nitrogen and oxygen atoms in total. The summed E-state index contributed by atoms with van der Waals surface area (Å²) in [6.45, 7) is 6.32. The standard InChI is InChI=1S/C17H20FNO/c1-4-19(15-7-5-6-12(2)10-15)17-9-8-14(13(3)20)11-16(17)18/h5-11,13,20H,4H2,1-3H3/t13-/m0/s1. The molecule has 0 unspecified atom stereocenters. The van der Waals surface area contributed by atoms with Crippen molar-refractivity contribution in [2.75, 3.05) is 11.4 Å². The number of aliphatic hydroxyl groups is 1. The van der Waals surface area contributed by atoms with Crippen LogP contribution in [0.2, 0.25) is 0 Å². The molecule has 0 spiro atoms. The molecule has 0 aliphatic rings. The van der Waals surface area contributed by atoms with Gasteiger partial charge in [0.2, 0.25) is 0 Å². The average molecular weight is 273 g/mol. The molecule has 0 bridgehead atoms. The van der Waals surface area contributed by atoms with Gasteiger partial charge in [0, 0.05) is 12.2 Å². The minimum Gasteiger partial charge on any atom is -0.389 e. The largest absolute Gasteiger partial charge is 0.389 e. The summed E-state index contributed by atoms with van der Waals surface area (Å²) in [5.41, 5.74) is 3.23. The first-order valence-electron chi connectivity index (χ1n) is 6.84. The molecule has 0 aliphatic carbocycles. The van der Waals surface area contributed by atoms with Crippen molar-refractivity contribution in [3.8, 4) is 0 Å². The minimum atomic E-state index is -0.660.